The van der Waals surface area contributed by atoms with Gasteiger partial charge in [-0.25, -0.2) is 0 Å². The molecule has 0 aromatic carbocycles. The van der Waals surface area contributed by atoms with Crippen molar-refractivity contribution in [3.05, 3.63) is 0 Å². The minimum Gasteiger partial charge on any atom is -0.793 e. The van der Waals surface area contributed by atoms with E-state index in [1.54, 1.807) is 6.26 Å². The van der Waals surface area contributed by atoms with Crippen LogP contribution in [0.15, 0.2) is 0 Å². The van der Waals surface area contributed by atoms with Crippen LogP contribution in [0.3, 0.4) is 0 Å². The maximum Gasteiger partial charge on any atom is 1.00 e. The van der Waals surface area contributed by atoms with Crippen LogP contribution in [0.25, 0.3) is 0 Å². The maximum absolute atomic E-state index is 10.5. The minimum atomic E-state index is -2.65. The van der Waals surface area contributed by atoms with Gasteiger partial charge in [0.15, 0.2) is 0 Å². The average molecular weight is 180 g/mol. The molecule has 0 aromatic rings. The Hall–Kier alpha value is 1.92. The molecule has 0 aliphatic rings. The van der Waals surface area contributed by atoms with Crippen LogP contribution in [-0.2, 0) is 16.3 Å². The fourth-order valence-corrected chi connectivity index (χ4v) is 0.671. The SMILES string of the molecule is COP([O-])(=S)SC.[Na+]. The van der Waals surface area contributed by atoms with Crippen LogP contribution in [0.1, 0.15) is 0 Å². The number of hydrogen-bond acceptors (Lipinski definition) is 4. The maximum atomic E-state index is 10.5. The van der Waals surface area contributed by atoms with Gasteiger partial charge in [0.25, 0.3) is 0 Å². The van der Waals surface area contributed by atoms with Gasteiger partial charge in [0.2, 0.25) is 0 Å². The molecule has 0 rings (SSSR count). The molecule has 8 heavy (non-hydrogen) atoms. The van der Waals surface area contributed by atoms with E-state index < -0.39 is 5.69 Å². The first-order valence-electron chi connectivity index (χ1n) is 1.55. The molecule has 0 N–H and O–H groups in total. The first-order valence-corrected chi connectivity index (χ1v) is 6.01. The standard InChI is InChI=1S/C2H7O2PS2.Na/c1-4-5(3,6)7-2;/h1-2H3,(H,3,6);/q;+1/p-1. The van der Waals surface area contributed by atoms with Gasteiger partial charge in [-0.05, 0) is 6.26 Å². The Labute approximate surface area is 80.6 Å². The Morgan fingerprint density at radius 2 is 2.12 bits per heavy atom. The number of rotatable bonds is 2. The van der Waals surface area contributed by atoms with E-state index in [-0.39, 0.29) is 29.6 Å². The van der Waals surface area contributed by atoms with Crippen LogP contribution in [0.5, 0.6) is 0 Å². The van der Waals surface area contributed by atoms with Crippen molar-refractivity contribution in [2.75, 3.05) is 13.4 Å². The molecule has 1 atom stereocenters. The molecule has 2 nitrogen and oxygen atoms in total. The van der Waals surface area contributed by atoms with E-state index in [0.29, 0.717) is 0 Å². The first kappa shape index (κ1) is 12.6. The number of hydrogen-bond donors (Lipinski definition) is 0. The molecule has 0 radical (unpaired) electrons. The van der Waals surface area contributed by atoms with Crippen molar-refractivity contribution in [2.45, 2.75) is 0 Å². The second-order valence-corrected chi connectivity index (χ2v) is 7.11. The summed E-state index contributed by atoms with van der Waals surface area (Å²) in [6, 6.07) is 0. The van der Waals surface area contributed by atoms with Crippen molar-refractivity contribution < 1.29 is 39.0 Å². The van der Waals surface area contributed by atoms with Crippen molar-refractivity contribution >= 4 is 28.9 Å². The molecule has 0 aliphatic carbocycles. The molecule has 0 aromatic heterocycles. The summed E-state index contributed by atoms with van der Waals surface area (Å²) in [5.41, 5.74) is -2.65. The largest absolute Gasteiger partial charge is 1.00 e. The molecule has 6 heteroatoms. The molecule has 0 fully saturated rings. The van der Waals surface area contributed by atoms with Crippen molar-refractivity contribution in [3.63, 3.8) is 0 Å². The van der Waals surface area contributed by atoms with Crippen LogP contribution in [0, 0.1) is 0 Å². The minimum absolute atomic E-state index is 0. The van der Waals surface area contributed by atoms with Gasteiger partial charge in [-0.15, -0.1) is 11.4 Å². The Bertz CT molecular complexity index is 90.0. The summed E-state index contributed by atoms with van der Waals surface area (Å²) in [5, 5.41) is 0. The summed E-state index contributed by atoms with van der Waals surface area (Å²) in [5.74, 6) is 0. The van der Waals surface area contributed by atoms with Gasteiger partial charge < -0.3 is 9.42 Å². The Balaban J connectivity index is 0. The Morgan fingerprint density at radius 3 is 2.12 bits per heavy atom. The Morgan fingerprint density at radius 1 is 1.75 bits per heavy atom. The van der Waals surface area contributed by atoms with E-state index in [1.165, 1.54) is 7.11 Å². The molecule has 44 valence electrons. The molecule has 0 aliphatic heterocycles. The van der Waals surface area contributed by atoms with Crippen molar-refractivity contribution in [1.82, 2.24) is 0 Å². The predicted molar refractivity (Wildman–Crippen MR) is 34.8 cm³/mol. The monoisotopic (exact) mass is 180 g/mol. The van der Waals surface area contributed by atoms with Gasteiger partial charge in [0, 0.05) is 12.8 Å². The van der Waals surface area contributed by atoms with E-state index in [0.717, 1.165) is 11.4 Å². The van der Waals surface area contributed by atoms with Gasteiger partial charge in [-0.3, -0.25) is 0 Å². The van der Waals surface area contributed by atoms with Crippen LogP contribution in [0.2, 0.25) is 0 Å². The molecular formula is C2H6NaO2PS2. The molecule has 0 saturated heterocycles. The molecule has 0 bridgehead atoms. The summed E-state index contributed by atoms with van der Waals surface area (Å²) in [7, 11) is 1.35. The van der Waals surface area contributed by atoms with E-state index in [1.807, 2.05) is 0 Å². The quantitative estimate of drug-likeness (QED) is 0.350. The first-order chi connectivity index (χ1) is 3.12. The zero-order valence-electron chi connectivity index (χ0n) is 5.08. The van der Waals surface area contributed by atoms with Crippen molar-refractivity contribution in [2.24, 2.45) is 0 Å². The van der Waals surface area contributed by atoms with Gasteiger partial charge >= 0.3 is 29.6 Å². The topological polar surface area (TPSA) is 32.3 Å². The van der Waals surface area contributed by atoms with E-state index in [2.05, 4.69) is 16.3 Å². The van der Waals surface area contributed by atoms with Crippen LogP contribution in [-0.4, -0.2) is 13.4 Å². The van der Waals surface area contributed by atoms with E-state index in [4.69, 9.17) is 0 Å². The molecular weight excluding hydrogens is 174 g/mol. The van der Waals surface area contributed by atoms with E-state index in [9.17, 15) is 4.89 Å². The third-order valence-electron chi connectivity index (χ3n) is 0.447. The summed E-state index contributed by atoms with van der Waals surface area (Å²) in [6.07, 6.45) is 1.66. The zero-order valence-corrected chi connectivity index (χ0v) is 9.61. The smallest absolute Gasteiger partial charge is 0.793 e. The molecule has 0 saturated carbocycles. The normalized spacial score (nSPS) is 16.4. The zero-order chi connectivity index (χ0) is 5.91. The van der Waals surface area contributed by atoms with Gasteiger partial charge in [0.05, 0.1) is 0 Å². The molecule has 0 spiro atoms. The fraction of sp³-hybridized carbons (Fsp3) is 1.00. The van der Waals surface area contributed by atoms with Crippen LogP contribution < -0.4 is 34.5 Å². The van der Waals surface area contributed by atoms with Crippen LogP contribution in [0.4, 0.5) is 0 Å². The third-order valence-corrected chi connectivity index (χ3v) is 4.92. The molecule has 0 amide bonds. The fourth-order valence-electron chi connectivity index (χ4n) is 0.0745. The van der Waals surface area contributed by atoms with Gasteiger partial charge in [0.1, 0.15) is 0 Å². The summed E-state index contributed by atoms with van der Waals surface area (Å²) >= 11 is 5.52. The Kier molecular flexibility index (Phi) is 8.94. The second kappa shape index (κ2) is 5.69. The summed E-state index contributed by atoms with van der Waals surface area (Å²) < 4.78 is 4.42. The average Bonchev–Trinajstić information content (AvgIpc) is 1.68. The summed E-state index contributed by atoms with van der Waals surface area (Å²) in [4.78, 5) is 10.5. The van der Waals surface area contributed by atoms with E-state index >= 15 is 0 Å². The van der Waals surface area contributed by atoms with Gasteiger partial charge in [-0.1, -0.05) is 11.8 Å². The third kappa shape index (κ3) is 6.05. The predicted octanol–water partition coefficient (Wildman–Crippen LogP) is -2.42. The molecule has 1 unspecified atom stereocenters. The van der Waals surface area contributed by atoms with Crippen molar-refractivity contribution in [3.8, 4) is 0 Å². The molecule has 0 heterocycles. The van der Waals surface area contributed by atoms with Crippen molar-refractivity contribution in [1.29, 1.82) is 0 Å². The van der Waals surface area contributed by atoms with Crippen LogP contribution >= 0.6 is 17.1 Å². The van der Waals surface area contributed by atoms with Gasteiger partial charge in [-0.2, -0.15) is 0 Å². The second-order valence-electron chi connectivity index (χ2n) is 0.812. The summed E-state index contributed by atoms with van der Waals surface area (Å²) in [6.45, 7) is 0.